The minimum atomic E-state index is 0.788. The molecule has 0 fully saturated rings. The molecule has 2 N–H and O–H groups in total. The summed E-state index contributed by atoms with van der Waals surface area (Å²) in [5.41, 5.74) is 1.91. The minimum absolute atomic E-state index is 0.788. The number of nitrogens with two attached hydrogens (primary N) is 1. The van der Waals surface area contributed by atoms with Crippen LogP contribution in [0.2, 0.25) is 0 Å². The first-order valence-electron chi connectivity index (χ1n) is 8.64. The van der Waals surface area contributed by atoms with Crippen LogP contribution in [0, 0.1) is 0 Å². The summed E-state index contributed by atoms with van der Waals surface area (Å²) in [5, 5.41) is 1.68. The molecule has 0 aliphatic heterocycles. The highest BCUT2D eigenvalue weighted by molar-refractivity contribution is 5.61. The molecule has 2 aromatic rings. The Morgan fingerprint density at radius 2 is 1.39 bits per heavy atom. The number of para-hydroxylation sites is 1. The van der Waals surface area contributed by atoms with Crippen LogP contribution in [0.3, 0.4) is 0 Å². The van der Waals surface area contributed by atoms with E-state index in [9.17, 15) is 0 Å². The highest BCUT2D eigenvalue weighted by atomic mass is 16.5. The molecule has 0 bridgehead atoms. The summed E-state index contributed by atoms with van der Waals surface area (Å²) in [6, 6.07) is 17.9. The lowest BCUT2D eigenvalue weighted by atomic mass is 10.1. The maximum Gasteiger partial charge on any atom is 0.119 e. The fourth-order valence-electron chi connectivity index (χ4n) is 2.51. The Kier molecular flexibility index (Phi) is 7.47. The Bertz CT molecular complexity index is 539. The molecule has 0 saturated heterocycles. The number of anilines is 2. The minimum Gasteiger partial charge on any atom is -0.494 e. The summed E-state index contributed by atoms with van der Waals surface area (Å²) in [5.74, 6) is 7.04. The predicted molar refractivity (Wildman–Crippen MR) is 98.1 cm³/mol. The van der Waals surface area contributed by atoms with Gasteiger partial charge in [-0.05, 0) is 42.8 Å². The predicted octanol–water partition coefficient (Wildman–Crippen LogP) is 5.44. The van der Waals surface area contributed by atoms with Crippen molar-refractivity contribution in [3.63, 3.8) is 0 Å². The number of unbranched alkanes of at least 4 members (excludes halogenated alkanes) is 5. The first-order valence-corrected chi connectivity index (χ1v) is 8.64. The fraction of sp³-hybridized carbons (Fsp3) is 0.400. The van der Waals surface area contributed by atoms with Gasteiger partial charge in [0.25, 0.3) is 0 Å². The van der Waals surface area contributed by atoms with Gasteiger partial charge in [0.1, 0.15) is 5.75 Å². The van der Waals surface area contributed by atoms with Crippen LogP contribution in [0.4, 0.5) is 11.4 Å². The van der Waals surface area contributed by atoms with E-state index in [4.69, 9.17) is 10.6 Å². The summed E-state index contributed by atoms with van der Waals surface area (Å²) < 4.78 is 5.79. The second-order valence-electron chi connectivity index (χ2n) is 5.82. The number of rotatable bonds is 10. The normalized spacial score (nSPS) is 10.5. The Labute approximate surface area is 140 Å². The van der Waals surface area contributed by atoms with Gasteiger partial charge in [-0.25, -0.2) is 5.84 Å². The average Bonchev–Trinajstić information content (AvgIpc) is 2.61. The van der Waals surface area contributed by atoms with E-state index in [2.05, 4.69) is 6.92 Å². The van der Waals surface area contributed by atoms with Crippen molar-refractivity contribution in [1.82, 2.24) is 0 Å². The molecular formula is C20H28N2O. The SMILES string of the molecule is CCCCCCCCOc1ccc(N(N)c2ccccc2)cc1. The molecule has 0 radical (unpaired) electrons. The van der Waals surface area contributed by atoms with Crippen LogP contribution in [0.25, 0.3) is 0 Å². The van der Waals surface area contributed by atoms with Crippen molar-refractivity contribution in [2.75, 3.05) is 11.6 Å². The van der Waals surface area contributed by atoms with E-state index in [-0.39, 0.29) is 0 Å². The summed E-state index contributed by atoms with van der Waals surface area (Å²) in [6.45, 7) is 3.03. The highest BCUT2D eigenvalue weighted by Crippen LogP contribution is 2.23. The zero-order chi connectivity index (χ0) is 16.3. The van der Waals surface area contributed by atoms with Crippen molar-refractivity contribution >= 4 is 11.4 Å². The van der Waals surface area contributed by atoms with E-state index in [1.54, 1.807) is 5.01 Å². The van der Waals surface area contributed by atoms with E-state index in [1.807, 2.05) is 54.6 Å². The standard InChI is InChI=1S/C20H28N2O/c1-2-3-4-5-6-10-17-23-20-15-13-19(14-16-20)22(21)18-11-8-7-9-12-18/h7-9,11-16H,2-6,10,17,21H2,1H3. The molecular weight excluding hydrogens is 284 g/mol. The van der Waals surface area contributed by atoms with Gasteiger partial charge in [0.15, 0.2) is 0 Å². The molecule has 0 saturated carbocycles. The molecule has 0 atom stereocenters. The summed E-state index contributed by atoms with van der Waals surface area (Å²) in [4.78, 5) is 0. The first kappa shape index (κ1) is 17.4. The quantitative estimate of drug-likeness (QED) is 0.361. The van der Waals surface area contributed by atoms with E-state index in [0.29, 0.717) is 0 Å². The molecule has 2 rings (SSSR count). The Balaban J connectivity index is 1.74. The van der Waals surface area contributed by atoms with Crippen molar-refractivity contribution in [1.29, 1.82) is 0 Å². The molecule has 0 unspecified atom stereocenters. The molecule has 23 heavy (non-hydrogen) atoms. The van der Waals surface area contributed by atoms with Crippen molar-refractivity contribution in [3.05, 3.63) is 54.6 Å². The monoisotopic (exact) mass is 312 g/mol. The second-order valence-corrected chi connectivity index (χ2v) is 5.82. The van der Waals surface area contributed by atoms with Crippen LogP contribution >= 0.6 is 0 Å². The Morgan fingerprint density at radius 3 is 2.09 bits per heavy atom. The largest absolute Gasteiger partial charge is 0.494 e. The van der Waals surface area contributed by atoms with Gasteiger partial charge in [0.05, 0.1) is 18.0 Å². The lowest BCUT2D eigenvalue weighted by molar-refractivity contribution is 0.304. The molecule has 3 nitrogen and oxygen atoms in total. The molecule has 0 amide bonds. The molecule has 0 aliphatic carbocycles. The lowest BCUT2D eigenvalue weighted by Crippen LogP contribution is -2.24. The maximum atomic E-state index is 6.14. The topological polar surface area (TPSA) is 38.5 Å². The van der Waals surface area contributed by atoms with Crippen LogP contribution in [-0.4, -0.2) is 6.61 Å². The van der Waals surface area contributed by atoms with Gasteiger partial charge in [0, 0.05) is 0 Å². The van der Waals surface area contributed by atoms with E-state index >= 15 is 0 Å². The van der Waals surface area contributed by atoms with Gasteiger partial charge < -0.3 is 4.74 Å². The van der Waals surface area contributed by atoms with Crippen LogP contribution in [0.1, 0.15) is 45.4 Å². The highest BCUT2D eigenvalue weighted by Gasteiger charge is 2.04. The van der Waals surface area contributed by atoms with Crippen molar-refractivity contribution in [2.45, 2.75) is 45.4 Å². The molecule has 2 aromatic carbocycles. The Hall–Kier alpha value is -2.00. The van der Waals surface area contributed by atoms with Crippen LogP contribution < -0.4 is 15.6 Å². The molecule has 124 valence electrons. The van der Waals surface area contributed by atoms with Crippen molar-refractivity contribution in [3.8, 4) is 5.75 Å². The second kappa shape index (κ2) is 9.90. The zero-order valence-electron chi connectivity index (χ0n) is 14.1. The van der Waals surface area contributed by atoms with Crippen LogP contribution in [0.15, 0.2) is 54.6 Å². The maximum absolute atomic E-state index is 6.14. The third kappa shape index (κ3) is 5.95. The first-order chi connectivity index (χ1) is 11.3. The molecule has 0 spiro atoms. The summed E-state index contributed by atoms with van der Waals surface area (Å²) in [7, 11) is 0. The van der Waals surface area contributed by atoms with Gasteiger partial charge in [-0.3, -0.25) is 5.01 Å². The van der Waals surface area contributed by atoms with E-state index < -0.39 is 0 Å². The molecule has 3 heteroatoms. The van der Waals surface area contributed by atoms with E-state index in [0.717, 1.165) is 30.2 Å². The summed E-state index contributed by atoms with van der Waals surface area (Å²) in [6.07, 6.45) is 7.68. The van der Waals surface area contributed by atoms with Crippen LogP contribution in [-0.2, 0) is 0 Å². The van der Waals surface area contributed by atoms with Gasteiger partial charge in [-0.2, -0.15) is 0 Å². The number of benzene rings is 2. The van der Waals surface area contributed by atoms with Gasteiger partial charge in [-0.1, -0.05) is 57.2 Å². The van der Waals surface area contributed by atoms with Crippen LogP contribution in [0.5, 0.6) is 5.75 Å². The number of hydrogen-bond donors (Lipinski definition) is 1. The number of ether oxygens (including phenoxy) is 1. The fourth-order valence-corrected chi connectivity index (χ4v) is 2.51. The molecule has 0 aliphatic rings. The van der Waals surface area contributed by atoms with Crippen molar-refractivity contribution in [2.24, 2.45) is 5.84 Å². The smallest absolute Gasteiger partial charge is 0.119 e. The number of hydrazine groups is 1. The molecule has 0 heterocycles. The number of nitrogens with zero attached hydrogens (tertiary/aromatic N) is 1. The van der Waals surface area contributed by atoms with E-state index in [1.165, 1.54) is 32.1 Å². The van der Waals surface area contributed by atoms with Crippen molar-refractivity contribution < 1.29 is 4.74 Å². The lowest BCUT2D eigenvalue weighted by Gasteiger charge is -2.19. The number of hydrogen-bond acceptors (Lipinski definition) is 3. The van der Waals surface area contributed by atoms with Gasteiger partial charge in [-0.15, -0.1) is 0 Å². The van der Waals surface area contributed by atoms with Gasteiger partial charge >= 0.3 is 0 Å². The third-order valence-corrected chi connectivity index (χ3v) is 3.92. The zero-order valence-corrected chi connectivity index (χ0v) is 14.1. The molecule has 0 aromatic heterocycles. The Morgan fingerprint density at radius 1 is 0.783 bits per heavy atom. The summed E-state index contributed by atoms with van der Waals surface area (Å²) >= 11 is 0. The average molecular weight is 312 g/mol. The third-order valence-electron chi connectivity index (χ3n) is 3.92. The van der Waals surface area contributed by atoms with Gasteiger partial charge in [0.2, 0.25) is 0 Å².